The van der Waals surface area contributed by atoms with E-state index in [1.165, 1.54) is 0 Å². The standard InChI is InChI=1S/C12H23N3O2/c1-10(2)15(8-5-6-13)11(3)12(16)14-7-9-17-4/h10-11H,5,7-9H2,1-4H3,(H,14,16). The first-order valence-electron chi connectivity index (χ1n) is 5.94. The lowest BCUT2D eigenvalue weighted by molar-refractivity contribution is -0.126. The minimum Gasteiger partial charge on any atom is -0.383 e. The molecule has 0 aliphatic rings. The van der Waals surface area contributed by atoms with Gasteiger partial charge in [-0.1, -0.05) is 0 Å². The van der Waals surface area contributed by atoms with Crippen LogP contribution in [0.5, 0.6) is 0 Å². The van der Waals surface area contributed by atoms with E-state index >= 15 is 0 Å². The van der Waals surface area contributed by atoms with E-state index in [2.05, 4.69) is 11.4 Å². The molecule has 0 spiro atoms. The van der Waals surface area contributed by atoms with Crippen molar-refractivity contribution in [2.24, 2.45) is 0 Å². The van der Waals surface area contributed by atoms with Crippen LogP contribution in [0.2, 0.25) is 0 Å². The van der Waals surface area contributed by atoms with E-state index in [0.717, 1.165) is 0 Å². The summed E-state index contributed by atoms with van der Waals surface area (Å²) in [6.45, 7) is 7.56. The Bertz CT molecular complexity index is 261. The smallest absolute Gasteiger partial charge is 0.237 e. The lowest BCUT2D eigenvalue weighted by Crippen LogP contribution is -2.49. The van der Waals surface area contributed by atoms with E-state index in [4.69, 9.17) is 10.00 Å². The molecule has 0 saturated heterocycles. The number of nitrogens with one attached hydrogen (secondary N) is 1. The third kappa shape index (κ3) is 6.25. The van der Waals surface area contributed by atoms with E-state index in [9.17, 15) is 4.79 Å². The first-order chi connectivity index (χ1) is 8.04. The van der Waals surface area contributed by atoms with E-state index in [0.29, 0.717) is 26.1 Å². The van der Waals surface area contributed by atoms with Gasteiger partial charge in [0.15, 0.2) is 0 Å². The molecule has 0 rings (SSSR count). The molecule has 1 atom stereocenters. The maximum atomic E-state index is 11.8. The Morgan fingerprint density at radius 2 is 2.12 bits per heavy atom. The summed E-state index contributed by atoms with van der Waals surface area (Å²) >= 11 is 0. The topological polar surface area (TPSA) is 65.4 Å². The molecular formula is C12H23N3O2. The molecule has 1 amide bonds. The zero-order chi connectivity index (χ0) is 13.3. The maximum absolute atomic E-state index is 11.8. The summed E-state index contributed by atoms with van der Waals surface area (Å²) in [4.78, 5) is 13.9. The molecule has 1 unspecified atom stereocenters. The van der Waals surface area contributed by atoms with E-state index in [1.54, 1.807) is 7.11 Å². The second-order valence-electron chi connectivity index (χ2n) is 4.20. The molecule has 98 valence electrons. The third-order valence-corrected chi connectivity index (χ3v) is 2.63. The third-order valence-electron chi connectivity index (χ3n) is 2.63. The summed E-state index contributed by atoms with van der Waals surface area (Å²) in [6.07, 6.45) is 0.438. The number of hydrogen-bond donors (Lipinski definition) is 1. The highest BCUT2D eigenvalue weighted by atomic mass is 16.5. The zero-order valence-electron chi connectivity index (χ0n) is 11.2. The van der Waals surface area contributed by atoms with Crippen molar-refractivity contribution in [3.8, 4) is 6.07 Å². The molecule has 0 aliphatic heterocycles. The number of hydrogen-bond acceptors (Lipinski definition) is 4. The average Bonchev–Trinajstić information content (AvgIpc) is 2.29. The number of carbonyl (C=O) groups is 1. The number of amides is 1. The van der Waals surface area contributed by atoms with Crippen LogP contribution in [0.3, 0.4) is 0 Å². The van der Waals surface area contributed by atoms with Crippen LogP contribution in [0.25, 0.3) is 0 Å². The summed E-state index contributed by atoms with van der Waals surface area (Å²) in [7, 11) is 1.60. The first kappa shape index (κ1) is 15.9. The maximum Gasteiger partial charge on any atom is 0.237 e. The van der Waals surface area contributed by atoms with Gasteiger partial charge in [0, 0.05) is 32.7 Å². The lowest BCUT2D eigenvalue weighted by Gasteiger charge is -2.31. The second-order valence-corrected chi connectivity index (χ2v) is 4.20. The molecule has 1 N–H and O–H groups in total. The quantitative estimate of drug-likeness (QED) is 0.637. The van der Waals surface area contributed by atoms with Gasteiger partial charge in [-0.2, -0.15) is 5.26 Å². The molecule has 0 aromatic carbocycles. The van der Waals surface area contributed by atoms with Crippen molar-refractivity contribution in [1.29, 1.82) is 5.26 Å². The SMILES string of the molecule is COCCNC(=O)C(C)N(CCC#N)C(C)C. The van der Waals surface area contributed by atoms with E-state index in [-0.39, 0.29) is 18.0 Å². The van der Waals surface area contributed by atoms with Gasteiger partial charge in [-0.3, -0.25) is 9.69 Å². The van der Waals surface area contributed by atoms with E-state index < -0.39 is 0 Å². The minimum absolute atomic E-state index is 0.0197. The molecule has 5 nitrogen and oxygen atoms in total. The fourth-order valence-corrected chi connectivity index (χ4v) is 1.65. The Labute approximate surface area is 104 Å². The molecule has 0 aromatic heterocycles. The Balaban J connectivity index is 4.24. The first-order valence-corrected chi connectivity index (χ1v) is 5.94. The van der Waals surface area contributed by atoms with Crippen molar-refractivity contribution in [3.05, 3.63) is 0 Å². The predicted octanol–water partition coefficient (Wildman–Crippen LogP) is 0.762. The van der Waals surface area contributed by atoms with Crippen LogP contribution in [-0.4, -0.2) is 49.7 Å². The molecular weight excluding hydrogens is 218 g/mol. The number of nitrogens with zero attached hydrogens (tertiary/aromatic N) is 2. The predicted molar refractivity (Wildman–Crippen MR) is 66.4 cm³/mol. The van der Waals surface area contributed by atoms with Gasteiger partial charge in [0.05, 0.1) is 18.7 Å². The molecule has 0 bridgehead atoms. The monoisotopic (exact) mass is 241 g/mol. The Morgan fingerprint density at radius 1 is 1.47 bits per heavy atom. The van der Waals surface area contributed by atoms with Crippen molar-refractivity contribution in [3.63, 3.8) is 0 Å². The molecule has 0 aromatic rings. The van der Waals surface area contributed by atoms with Crippen LogP contribution in [0.1, 0.15) is 27.2 Å². The van der Waals surface area contributed by atoms with Gasteiger partial charge in [-0.25, -0.2) is 0 Å². The molecule has 0 radical (unpaired) electrons. The number of carbonyl (C=O) groups excluding carboxylic acids is 1. The fourth-order valence-electron chi connectivity index (χ4n) is 1.65. The molecule has 0 saturated carbocycles. The normalized spacial score (nSPS) is 12.5. The average molecular weight is 241 g/mol. The van der Waals surface area contributed by atoms with E-state index in [1.807, 2.05) is 25.7 Å². The Hall–Kier alpha value is -1.12. The molecule has 0 fully saturated rings. The Kier molecular flexibility index (Phi) is 8.38. The van der Waals surface area contributed by atoms with Crippen molar-refractivity contribution in [2.45, 2.75) is 39.3 Å². The molecule has 17 heavy (non-hydrogen) atoms. The molecule has 0 heterocycles. The largest absolute Gasteiger partial charge is 0.383 e. The summed E-state index contributed by atoms with van der Waals surface area (Å²) in [6, 6.07) is 2.13. The van der Waals surface area contributed by atoms with Crippen LogP contribution in [0.15, 0.2) is 0 Å². The minimum atomic E-state index is -0.222. The lowest BCUT2D eigenvalue weighted by atomic mass is 10.2. The number of methoxy groups -OCH3 is 1. The summed E-state index contributed by atoms with van der Waals surface area (Å²) < 4.78 is 4.87. The highest BCUT2D eigenvalue weighted by Crippen LogP contribution is 2.06. The molecule has 5 heteroatoms. The van der Waals surface area contributed by atoms with Crippen molar-refractivity contribution in [1.82, 2.24) is 10.2 Å². The van der Waals surface area contributed by atoms with Crippen LogP contribution in [-0.2, 0) is 9.53 Å². The van der Waals surface area contributed by atoms with Gasteiger partial charge < -0.3 is 10.1 Å². The second kappa shape index (κ2) is 8.97. The van der Waals surface area contributed by atoms with Gasteiger partial charge in [0.1, 0.15) is 0 Å². The van der Waals surface area contributed by atoms with Gasteiger partial charge in [0.25, 0.3) is 0 Å². The van der Waals surface area contributed by atoms with Crippen molar-refractivity contribution < 1.29 is 9.53 Å². The number of nitriles is 1. The summed E-state index contributed by atoms with van der Waals surface area (Å²) in [5, 5.41) is 11.4. The van der Waals surface area contributed by atoms with Gasteiger partial charge in [-0.05, 0) is 20.8 Å². The van der Waals surface area contributed by atoms with Crippen molar-refractivity contribution in [2.75, 3.05) is 26.8 Å². The van der Waals surface area contributed by atoms with Crippen molar-refractivity contribution >= 4 is 5.91 Å². The zero-order valence-corrected chi connectivity index (χ0v) is 11.2. The van der Waals surface area contributed by atoms with Gasteiger partial charge >= 0.3 is 0 Å². The van der Waals surface area contributed by atoms with Gasteiger partial charge in [0.2, 0.25) is 5.91 Å². The highest BCUT2D eigenvalue weighted by Gasteiger charge is 2.22. The highest BCUT2D eigenvalue weighted by molar-refractivity contribution is 5.81. The fraction of sp³-hybridized carbons (Fsp3) is 0.833. The van der Waals surface area contributed by atoms with Crippen LogP contribution < -0.4 is 5.32 Å². The molecule has 0 aliphatic carbocycles. The van der Waals surface area contributed by atoms with Crippen LogP contribution in [0.4, 0.5) is 0 Å². The van der Waals surface area contributed by atoms with Crippen LogP contribution in [0, 0.1) is 11.3 Å². The number of rotatable bonds is 8. The summed E-state index contributed by atoms with van der Waals surface area (Å²) in [5.74, 6) is -0.0197. The summed E-state index contributed by atoms with van der Waals surface area (Å²) in [5.41, 5.74) is 0. The Morgan fingerprint density at radius 3 is 2.59 bits per heavy atom. The van der Waals surface area contributed by atoms with Crippen LogP contribution >= 0.6 is 0 Å². The number of ether oxygens (including phenoxy) is 1. The van der Waals surface area contributed by atoms with Gasteiger partial charge in [-0.15, -0.1) is 0 Å².